The molecule has 0 saturated carbocycles. The molecule has 0 aliphatic carbocycles. The standard InChI is InChI=1S/C16H34O6S2/c1-13(2)15(5)11-23(17,18)21-9-7-8-10-22-24(19,20)12-16(6)14(3)4/h13-16H,7-12H2,1-6H3/t15-,16-/m1/s1. The van der Waals surface area contributed by atoms with Gasteiger partial charge in [-0.2, -0.15) is 16.8 Å². The van der Waals surface area contributed by atoms with Crippen LogP contribution in [-0.4, -0.2) is 41.6 Å². The smallest absolute Gasteiger partial charge is 0.267 e. The molecule has 0 unspecified atom stereocenters. The molecule has 146 valence electrons. The van der Waals surface area contributed by atoms with E-state index in [1.165, 1.54) is 0 Å². The van der Waals surface area contributed by atoms with Crippen LogP contribution in [0.1, 0.15) is 54.4 Å². The molecule has 0 aliphatic rings. The van der Waals surface area contributed by atoms with E-state index in [2.05, 4.69) is 0 Å². The van der Waals surface area contributed by atoms with E-state index >= 15 is 0 Å². The third kappa shape index (κ3) is 11.4. The molecule has 0 saturated heterocycles. The molecule has 0 aromatic rings. The first-order chi connectivity index (χ1) is 10.9. The van der Waals surface area contributed by atoms with E-state index in [4.69, 9.17) is 8.37 Å². The molecule has 0 fully saturated rings. The van der Waals surface area contributed by atoms with E-state index in [-0.39, 0.29) is 48.4 Å². The Bertz CT molecular complexity index is 487. The summed E-state index contributed by atoms with van der Waals surface area (Å²) in [5, 5.41) is 0. The maximum absolute atomic E-state index is 11.8. The van der Waals surface area contributed by atoms with Crippen LogP contribution < -0.4 is 0 Å². The van der Waals surface area contributed by atoms with Gasteiger partial charge in [0, 0.05) is 0 Å². The summed E-state index contributed by atoms with van der Waals surface area (Å²) in [6.07, 6.45) is 0.870. The SMILES string of the molecule is CC(C)[C@H](C)CS(=O)(=O)OCCCCOS(=O)(=O)C[C@@H](C)C(C)C. The average Bonchev–Trinajstić information content (AvgIpc) is 2.41. The minimum absolute atomic E-state index is 0.00262. The highest BCUT2D eigenvalue weighted by Gasteiger charge is 2.20. The van der Waals surface area contributed by atoms with Gasteiger partial charge in [-0.25, -0.2) is 0 Å². The Labute approximate surface area is 148 Å². The third-order valence-electron chi connectivity index (χ3n) is 4.27. The van der Waals surface area contributed by atoms with Crippen LogP contribution in [0.4, 0.5) is 0 Å². The van der Waals surface area contributed by atoms with Crippen LogP contribution in [0, 0.1) is 23.7 Å². The lowest BCUT2D eigenvalue weighted by Crippen LogP contribution is -2.21. The van der Waals surface area contributed by atoms with Gasteiger partial charge in [0.1, 0.15) is 0 Å². The zero-order valence-corrected chi connectivity index (χ0v) is 17.5. The third-order valence-corrected chi connectivity index (χ3v) is 7.19. The highest BCUT2D eigenvalue weighted by atomic mass is 32.2. The summed E-state index contributed by atoms with van der Waals surface area (Å²) in [7, 11) is -7.05. The quantitative estimate of drug-likeness (QED) is 0.357. The minimum atomic E-state index is -3.53. The highest BCUT2D eigenvalue weighted by Crippen LogP contribution is 2.15. The molecule has 6 nitrogen and oxygen atoms in total. The molecule has 0 rings (SSSR count). The number of unbranched alkanes of at least 4 members (excludes halogenated alkanes) is 1. The van der Waals surface area contributed by atoms with Crippen LogP contribution in [0.5, 0.6) is 0 Å². The van der Waals surface area contributed by atoms with E-state index in [1.807, 2.05) is 41.5 Å². The maximum atomic E-state index is 11.8. The van der Waals surface area contributed by atoms with Gasteiger partial charge in [0.05, 0.1) is 24.7 Å². The molecule has 0 amide bonds. The van der Waals surface area contributed by atoms with Crippen molar-refractivity contribution in [3.8, 4) is 0 Å². The van der Waals surface area contributed by atoms with Crippen molar-refractivity contribution >= 4 is 20.2 Å². The van der Waals surface area contributed by atoms with Gasteiger partial charge in [-0.3, -0.25) is 8.37 Å². The summed E-state index contributed by atoms with van der Waals surface area (Å²) >= 11 is 0. The van der Waals surface area contributed by atoms with Gasteiger partial charge < -0.3 is 0 Å². The Morgan fingerprint density at radius 3 is 1.17 bits per heavy atom. The van der Waals surface area contributed by atoms with Crippen molar-refractivity contribution < 1.29 is 25.2 Å². The van der Waals surface area contributed by atoms with Crippen LogP contribution in [0.2, 0.25) is 0 Å². The van der Waals surface area contributed by atoms with Gasteiger partial charge in [0.15, 0.2) is 0 Å². The van der Waals surface area contributed by atoms with Gasteiger partial charge in [0.25, 0.3) is 20.2 Å². The fraction of sp³-hybridized carbons (Fsp3) is 1.00. The van der Waals surface area contributed by atoms with Crippen LogP contribution in [0.15, 0.2) is 0 Å². The van der Waals surface area contributed by atoms with Gasteiger partial charge in [-0.15, -0.1) is 0 Å². The Morgan fingerprint density at radius 1 is 0.625 bits per heavy atom. The van der Waals surface area contributed by atoms with Gasteiger partial charge in [0.2, 0.25) is 0 Å². The minimum Gasteiger partial charge on any atom is -0.270 e. The van der Waals surface area contributed by atoms with Gasteiger partial charge in [-0.1, -0.05) is 41.5 Å². The van der Waals surface area contributed by atoms with Crippen LogP contribution >= 0.6 is 0 Å². The van der Waals surface area contributed by atoms with Crippen LogP contribution in [-0.2, 0) is 28.6 Å². The van der Waals surface area contributed by atoms with Crippen molar-refractivity contribution in [2.75, 3.05) is 24.7 Å². The predicted molar refractivity (Wildman–Crippen MR) is 96.7 cm³/mol. The van der Waals surface area contributed by atoms with Gasteiger partial charge in [-0.05, 0) is 36.5 Å². The van der Waals surface area contributed by atoms with Crippen molar-refractivity contribution in [3.05, 3.63) is 0 Å². The monoisotopic (exact) mass is 386 g/mol. The van der Waals surface area contributed by atoms with E-state index < -0.39 is 20.2 Å². The fourth-order valence-electron chi connectivity index (χ4n) is 1.70. The Kier molecular flexibility index (Phi) is 10.7. The zero-order valence-electron chi connectivity index (χ0n) is 15.8. The van der Waals surface area contributed by atoms with Crippen LogP contribution in [0.25, 0.3) is 0 Å². The first-order valence-electron chi connectivity index (χ1n) is 8.60. The lowest BCUT2D eigenvalue weighted by molar-refractivity contribution is 0.265. The second kappa shape index (κ2) is 10.7. The van der Waals surface area contributed by atoms with Crippen molar-refractivity contribution in [1.82, 2.24) is 0 Å². The predicted octanol–water partition coefficient (Wildman–Crippen LogP) is 3.04. The molecule has 24 heavy (non-hydrogen) atoms. The summed E-state index contributed by atoms with van der Waals surface area (Å²) < 4.78 is 57.0. The van der Waals surface area contributed by atoms with E-state index in [0.717, 1.165) is 0 Å². The molecule has 0 bridgehead atoms. The topological polar surface area (TPSA) is 86.7 Å². The van der Waals surface area contributed by atoms with E-state index in [9.17, 15) is 16.8 Å². The van der Waals surface area contributed by atoms with Crippen molar-refractivity contribution in [3.63, 3.8) is 0 Å². The molecular weight excluding hydrogens is 352 g/mol. The fourth-order valence-corrected chi connectivity index (χ4v) is 4.69. The second-order valence-electron chi connectivity index (χ2n) is 7.24. The molecule has 0 aromatic heterocycles. The first-order valence-corrected chi connectivity index (χ1v) is 11.8. The number of hydrogen-bond donors (Lipinski definition) is 0. The van der Waals surface area contributed by atoms with Crippen molar-refractivity contribution in [2.45, 2.75) is 54.4 Å². The number of hydrogen-bond acceptors (Lipinski definition) is 6. The largest absolute Gasteiger partial charge is 0.270 e. The van der Waals surface area contributed by atoms with Crippen molar-refractivity contribution in [2.24, 2.45) is 23.7 Å². The van der Waals surface area contributed by atoms with Crippen LogP contribution in [0.3, 0.4) is 0 Å². The lowest BCUT2D eigenvalue weighted by Gasteiger charge is -2.15. The summed E-state index contributed by atoms with van der Waals surface area (Å²) in [6.45, 7) is 11.7. The number of rotatable bonds is 13. The van der Waals surface area contributed by atoms with E-state index in [1.54, 1.807) is 0 Å². The first kappa shape index (κ1) is 23.8. The molecule has 0 radical (unpaired) electrons. The summed E-state index contributed by atoms with van der Waals surface area (Å²) in [5.41, 5.74) is 0. The normalized spacial score (nSPS) is 15.8. The van der Waals surface area contributed by atoms with Gasteiger partial charge >= 0.3 is 0 Å². The lowest BCUT2D eigenvalue weighted by atomic mass is 10.0. The Morgan fingerprint density at radius 2 is 0.917 bits per heavy atom. The molecular formula is C16H34O6S2. The summed E-state index contributed by atoms with van der Waals surface area (Å²) in [4.78, 5) is 0. The summed E-state index contributed by atoms with van der Waals surface area (Å²) in [5.74, 6) is 0.619. The zero-order chi connectivity index (χ0) is 19.0. The van der Waals surface area contributed by atoms with E-state index in [0.29, 0.717) is 12.8 Å². The molecule has 0 aliphatic heterocycles. The molecule has 0 aromatic carbocycles. The molecule has 0 heterocycles. The highest BCUT2D eigenvalue weighted by molar-refractivity contribution is 7.86. The molecule has 0 spiro atoms. The molecule has 8 heteroatoms. The van der Waals surface area contributed by atoms with Crippen molar-refractivity contribution in [1.29, 1.82) is 0 Å². The average molecular weight is 387 g/mol. The Hall–Kier alpha value is -0.180. The molecule has 2 atom stereocenters. The maximum Gasteiger partial charge on any atom is 0.267 e. The molecule has 0 N–H and O–H groups in total. The second-order valence-corrected chi connectivity index (χ2v) is 10.6. The summed E-state index contributed by atoms with van der Waals surface area (Å²) in [6, 6.07) is 0. The Balaban J connectivity index is 3.99.